The molecule has 1 aliphatic rings. The molecule has 3 aromatic carbocycles. The average Bonchev–Trinajstić information content (AvgIpc) is 2.88. The number of benzene rings is 3. The number of rotatable bonds is 5. The normalized spacial score (nSPS) is 14.1. The molecular formula is C29H24Cl2F3N3O. The van der Waals surface area contributed by atoms with E-state index in [0.29, 0.717) is 47.5 Å². The first-order chi connectivity index (χ1) is 18.1. The number of halogens is 5. The third kappa shape index (κ3) is 5.51. The van der Waals surface area contributed by atoms with Crippen LogP contribution in [0.15, 0.2) is 77.6 Å². The lowest BCUT2D eigenvalue weighted by molar-refractivity contribution is -0.137. The Kier molecular flexibility index (Phi) is 7.36. The summed E-state index contributed by atoms with van der Waals surface area (Å²) in [4.78, 5) is 20.9. The molecule has 38 heavy (non-hydrogen) atoms. The average molecular weight is 558 g/mol. The van der Waals surface area contributed by atoms with E-state index in [2.05, 4.69) is 4.90 Å². The van der Waals surface area contributed by atoms with E-state index in [1.165, 1.54) is 12.1 Å². The lowest BCUT2D eigenvalue weighted by Gasteiger charge is -2.30. The predicted octanol–water partition coefficient (Wildman–Crippen LogP) is 7.07. The summed E-state index contributed by atoms with van der Waals surface area (Å²) in [5.74, 6) is 0.597. The molecule has 196 valence electrons. The lowest BCUT2D eigenvalue weighted by Crippen LogP contribution is -2.40. The van der Waals surface area contributed by atoms with Crippen molar-refractivity contribution in [2.75, 3.05) is 6.54 Å². The zero-order valence-corrected chi connectivity index (χ0v) is 22.0. The Morgan fingerprint density at radius 3 is 1.97 bits per heavy atom. The van der Waals surface area contributed by atoms with Crippen LogP contribution in [-0.4, -0.2) is 21.0 Å². The smallest absolute Gasteiger partial charge is 0.294 e. The van der Waals surface area contributed by atoms with Gasteiger partial charge in [-0.15, -0.1) is 0 Å². The zero-order valence-electron chi connectivity index (χ0n) is 20.5. The molecule has 2 heterocycles. The highest BCUT2D eigenvalue weighted by molar-refractivity contribution is 6.30. The maximum absolute atomic E-state index is 14.0. The highest BCUT2D eigenvalue weighted by atomic mass is 35.5. The summed E-state index contributed by atoms with van der Waals surface area (Å²) in [6, 6.07) is 19.4. The van der Waals surface area contributed by atoms with Crippen molar-refractivity contribution >= 4 is 23.2 Å². The SMILES string of the molecule is Cc1nc2c(c(=O)n1C(c1ccc(Cl)cc1)c1ccc(Cl)cc1)CN(Cc1ccc(C(F)(F)F)cc1)CC2. The van der Waals surface area contributed by atoms with Crippen molar-refractivity contribution in [3.63, 3.8) is 0 Å². The van der Waals surface area contributed by atoms with E-state index >= 15 is 0 Å². The fourth-order valence-corrected chi connectivity index (χ4v) is 5.19. The summed E-state index contributed by atoms with van der Waals surface area (Å²) in [6.45, 7) is 3.27. The van der Waals surface area contributed by atoms with Gasteiger partial charge in [-0.3, -0.25) is 14.3 Å². The Morgan fingerprint density at radius 1 is 0.895 bits per heavy atom. The number of hydrogen-bond acceptors (Lipinski definition) is 3. The van der Waals surface area contributed by atoms with E-state index in [0.717, 1.165) is 34.5 Å². The Balaban J connectivity index is 1.51. The van der Waals surface area contributed by atoms with E-state index in [4.69, 9.17) is 28.2 Å². The van der Waals surface area contributed by atoms with Crippen molar-refractivity contribution in [2.45, 2.75) is 38.7 Å². The van der Waals surface area contributed by atoms with Gasteiger partial charge < -0.3 is 0 Å². The monoisotopic (exact) mass is 557 g/mol. The Morgan fingerprint density at radius 2 is 1.45 bits per heavy atom. The van der Waals surface area contributed by atoms with Crippen LogP contribution in [0.4, 0.5) is 13.2 Å². The molecule has 0 aliphatic carbocycles. The van der Waals surface area contributed by atoms with Gasteiger partial charge in [0.1, 0.15) is 5.82 Å². The topological polar surface area (TPSA) is 38.1 Å². The summed E-state index contributed by atoms with van der Waals surface area (Å²) in [6.07, 6.45) is -3.79. The fourth-order valence-electron chi connectivity index (χ4n) is 4.94. The second kappa shape index (κ2) is 10.6. The first kappa shape index (κ1) is 26.5. The summed E-state index contributed by atoms with van der Waals surface area (Å²) in [7, 11) is 0. The Hall–Kier alpha value is -3.13. The fraction of sp³-hybridized carbons (Fsp3) is 0.241. The Labute approximate surface area is 228 Å². The van der Waals surface area contributed by atoms with Crippen LogP contribution >= 0.6 is 23.2 Å². The summed E-state index contributed by atoms with van der Waals surface area (Å²) >= 11 is 12.3. The molecule has 0 radical (unpaired) electrons. The number of aryl methyl sites for hydroxylation is 1. The van der Waals surface area contributed by atoms with Crippen molar-refractivity contribution in [1.29, 1.82) is 0 Å². The van der Waals surface area contributed by atoms with E-state index in [1.807, 2.05) is 31.2 Å². The molecule has 0 saturated carbocycles. The van der Waals surface area contributed by atoms with Crippen LogP contribution in [0.5, 0.6) is 0 Å². The van der Waals surface area contributed by atoms with E-state index in [-0.39, 0.29) is 5.56 Å². The van der Waals surface area contributed by atoms with Crippen molar-refractivity contribution < 1.29 is 13.2 Å². The van der Waals surface area contributed by atoms with E-state index in [1.54, 1.807) is 28.8 Å². The minimum atomic E-state index is -4.37. The second-order valence-electron chi connectivity index (χ2n) is 9.42. The molecule has 0 bridgehead atoms. The minimum absolute atomic E-state index is 0.139. The van der Waals surface area contributed by atoms with Crippen LogP contribution in [0.3, 0.4) is 0 Å². The molecule has 0 amide bonds. The number of aromatic nitrogens is 2. The summed E-state index contributed by atoms with van der Waals surface area (Å²) < 4.78 is 40.5. The van der Waals surface area contributed by atoms with Gasteiger partial charge in [-0.05, 0) is 60.0 Å². The van der Waals surface area contributed by atoms with Crippen LogP contribution in [0.2, 0.25) is 10.0 Å². The van der Waals surface area contributed by atoms with Crippen LogP contribution < -0.4 is 5.56 Å². The van der Waals surface area contributed by atoms with Gasteiger partial charge in [-0.1, -0.05) is 59.6 Å². The molecule has 5 rings (SSSR count). The van der Waals surface area contributed by atoms with Crippen molar-refractivity contribution in [2.24, 2.45) is 0 Å². The molecule has 1 aromatic heterocycles. The molecule has 0 fully saturated rings. The van der Waals surface area contributed by atoms with Gasteiger partial charge in [-0.25, -0.2) is 4.98 Å². The molecule has 0 saturated heterocycles. The second-order valence-corrected chi connectivity index (χ2v) is 10.3. The van der Waals surface area contributed by atoms with Gasteiger partial charge in [0, 0.05) is 36.1 Å². The molecule has 4 aromatic rings. The first-order valence-electron chi connectivity index (χ1n) is 12.1. The van der Waals surface area contributed by atoms with Gasteiger partial charge >= 0.3 is 6.18 Å². The van der Waals surface area contributed by atoms with Crippen molar-refractivity contribution in [3.8, 4) is 0 Å². The third-order valence-electron chi connectivity index (χ3n) is 6.83. The highest BCUT2D eigenvalue weighted by Crippen LogP contribution is 2.31. The van der Waals surface area contributed by atoms with Gasteiger partial charge in [0.2, 0.25) is 0 Å². The molecule has 9 heteroatoms. The largest absolute Gasteiger partial charge is 0.416 e. The number of fused-ring (bicyclic) bond motifs is 1. The zero-order chi connectivity index (χ0) is 27.0. The number of hydrogen-bond donors (Lipinski definition) is 0. The molecule has 1 aliphatic heterocycles. The molecule has 4 nitrogen and oxygen atoms in total. The maximum Gasteiger partial charge on any atom is 0.416 e. The maximum atomic E-state index is 14.0. The van der Waals surface area contributed by atoms with Crippen LogP contribution in [0.1, 0.15) is 45.4 Å². The Bertz CT molecular complexity index is 1450. The molecule has 0 N–H and O–H groups in total. The van der Waals surface area contributed by atoms with Crippen molar-refractivity contribution in [1.82, 2.24) is 14.5 Å². The summed E-state index contributed by atoms with van der Waals surface area (Å²) in [5, 5.41) is 1.19. The van der Waals surface area contributed by atoms with Gasteiger partial charge in [-0.2, -0.15) is 13.2 Å². The molecule has 0 unspecified atom stereocenters. The van der Waals surface area contributed by atoms with Crippen molar-refractivity contribution in [3.05, 3.63) is 133 Å². The summed E-state index contributed by atoms with van der Waals surface area (Å²) in [5.41, 5.74) is 3.05. The molecule has 0 atom stereocenters. The van der Waals surface area contributed by atoms with Crippen LogP contribution in [0.25, 0.3) is 0 Å². The van der Waals surface area contributed by atoms with Gasteiger partial charge in [0.05, 0.1) is 22.9 Å². The number of nitrogens with zero attached hydrogens (tertiary/aromatic N) is 3. The first-order valence-corrected chi connectivity index (χ1v) is 12.9. The minimum Gasteiger partial charge on any atom is -0.294 e. The third-order valence-corrected chi connectivity index (χ3v) is 7.34. The molecular weight excluding hydrogens is 534 g/mol. The predicted molar refractivity (Wildman–Crippen MR) is 143 cm³/mol. The number of alkyl halides is 3. The van der Waals surface area contributed by atoms with E-state index in [9.17, 15) is 18.0 Å². The lowest BCUT2D eigenvalue weighted by atomic mass is 9.97. The highest BCUT2D eigenvalue weighted by Gasteiger charge is 2.30. The quantitative estimate of drug-likeness (QED) is 0.263. The van der Waals surface area contributed by atoms with Gasteiger partial charge in [0.15, 0.2) is 0 Å². The standard InChI is InChI=1S/C29H24Cl2F3N3O/c1-18-35-26-14-15-36(16-19-2-8-22(9-3-19)29(32,33)34)17-25(26)28(38)37(18)27(20-4-10-23(30)11-5-20)21-6-12-24(31)13-7-21/h2-13,27H,14-17H2,1H3. The van der Waals surface area contributed by atoms with Crippen LogP contribution in [-0.2, 0) is 25.7 Å². The van der Waals surface area contributed by atoms with E-state index < -0.39 is 17.8 Å². The van der Waals surface area contributed by atoms with Crippen LogP contribution in [0, 0.1) is 6.92 Å². The van der Waals surface area contributed by atoms with Gasteiger partial charge in [0.25, 0.3) is 5.56 Å². The molecule has 0 spiro atoms.